The molecule has 0 bridgehead atoms. The summed E-state index contributed by atoms with van der Waals surface area (Å²) in [6.07, 6.45) is -0.947. The SMILES string of the molecule is OC1CC(c2cc(Br)ccc2F)Oc2ccc(Cl)cc21. The minimum atomic E-state index is -0.721. The fourth-order valence-electron chi connectivity index (χ4n) is 2.37. The van der Waals surface area contributed by atoms with Crippen molar-refractivity contribution in [3.8, 4) is 5.75 Å². The first-order valence-corrected chi connectivity index (χ1v) is 7.31. The zero-order valence-electron chi connectivity index (χ0n) is 10.3. The van der Waals surface area contributed by atoms with Crippen LogP contribution in [-0.4, -0.2) is 5.11 Å². The van der Waals surface area contributed by atoms with Crippen molar-refractivity contribution in [1.29, 1.82) is 0 Å². The molecule has 0 radical (unpaired) electrons. The Balaban J connectivity index is 1.99. The molecule has 0 saturated heterocycles. The highest BCUT2D eigenvalue weighted by atomic mass is 79.9. The zero-order chi connectivity index (χ0) is 14.3. The van der Waals surface area contributed by atoms with Crippen LogP contribution < -0.4 is 4.74 Å². The number of aliphatic hydroxyl groups is 1. The van der Waals surface area contributed by atoms with E-state index in [-0.39, 0.29) is 5.82 Å². The van der Waals surface area contributed by atoms with Gasteiger partial charge in [0.25, 0.3) is 0 Å². The molecule has 2 atom stereocenters. The van der Waals surface area contributed by atoms with Crippen molar-refractivity contribution in [3.63, 3.8) is 0 Å². The molecule has 1 N–H and O–H groups in total. The molecule has 104 valence electrons. The van der Waals surface area contributed by atoms with Gasteiger partial charge in [0.2, 0.25) is 0 Å². The van der Waals surface area contributed by atoms with Gasteiger partial charge < -0.3 is 9.84 Å². The summed E-state index contributed by atoms with van der Waals surface area (Å²) in [4.78, 5) is 0. The highest BCUT2D eigenvalue weighted by molar-refractivity contribution is 9.10. The van der Waals surface area contributed by atoms with Gasteiger partial charge in [0, 0.05) is 27.0 Å². The lowest BCUT2D eigenvalue weighted by Crippen LogP contribution is -2.20. The Hall–Kier alpha value is -1.10. The summed E-state index contributed by atoms with van der Waals surface area (Å²) < 4.78 is 20.5. The summed E-state index contributed by atoms with van der Waals surface area (Å²) >= 11 is 9.23. The molecule has 0 amide bonds. The molecular weight excluding hydrogens is 347 g/mol. The van der Waals surface area contributed by atoms with Gasteiger partial charge in [-0.05, 0) is 36.4 Å². The first-order valence-electron chi connectivity index (χ1n) is 6.13. The molecule has 2 unspecified atom stereocenters. The van der Waals surface area contributed by atoms with E-state index in [2.05, 4.69) is 15.9 Å². The Kier molecular flexibility index (Phi) is 3.71. The summed E-state index contributed by atoms with van der Waals surface area (Å²) in [5, 5.41) is 10.7. The molecule has 3 rings (SSSR count). The van der Waals surface area contributed by atoms with Crippen LogP contribution in [0.2, 0.25) is 5.02 Å². The zero-order valence-corrected chi connectivity index (χ0v) is 12.7. The number of rotatable bonds is 1. The topological polar surface area (TPSA) is 29.5 Å². The molecule has 5 heteroatoms. The molecule has 1 heterocycles. The molecule has 2 aromatic rings. The lowest BCUT2D eigenvalue weighted by Gasteiger charge is -2.30. The molecule has 0 saturated carbocycles. The van der Waals surface area contributed by atoms with E-state index < -0.39 is 12.2 Å². The van der Waals surface area contributed by atoms with E-state index in [0.29, 0.717) is 28.3 Å². The fourth-order valence-corrected chi connectivity index (χ4v) is 2.93. The molecule has 0 fully saturated rings. The largest absolute Gasteiger partial charge is 0.485 e. The first kappa shape index (κ1) is 13.9. The summed E-state index contributed by atoms with van der Waals surface area (Å²) in [6.45, 7) is 0. The van der Waals surface area contributed by atoms with Crippen LogP contribution in [0, 0.1) is 5.82 Å². The normalized spacial score (nSPS) is 21.2. The average molecular weight is 358 g/mol. The van der Waals surface area contributed by atoms with E-state index in [4.69, 9.17) is 16.3 Å². The Bertz CT molecular complexity index is 662. The van der Waals surface area contributed by atoms with Crippen molar-refractivity contribution in [2.24, 2.45) is 0 Å². The quantitative estimate of drug-likeness (QED) is 0.794. The van der Waals surface area contributed by atoms with Gasteiger partial charge in [-0.15, -0.1) is 0 Å². The first-order chi connectivity index (χ1) is 9.54. The average Bonchev–Trinajstić information content (AvgIpc) is 2.42. The van der Waals surface area contributed by atoms with E-state index in [0.717, 1.165) is 4.47 Å². The molecule has 0 aliphatic carbocycles. The summed E-state index contributed by atoms with van der Waals surface area (Å²) in [6, 6.07) is 9.75. The van der Waals surface area contributed by atoms with Gasteiger partial charge in [0.05, 0.1) is 6.10 Å². The molecule has 1 aliphatic heterocycles. The molecular formula is C15H11BrClFO2. The van der Waals surface area contributed by atoms with Crippen LogP contribution in [-0.2, 0) is 0 Å². The Morgan fingerprint density at radius 2 is 2.00 bits per heavy atom. The van der Waals surface area contributed by atoms with Gasteiger partial charge in [-0.1, -0.05) is 27.5 Å². The van der Waals surface area contributed by atoms with Crippen molar-refractivity contribution in [2.75, 3.05) is 0 Å². The van der Waals surface area contributed by atoms with Crippen molar-refractivity contribution in [1.82, 2.24) is 0 Å². The van der Waals surface area contributed by atoms with E-state index in [1.807, 2.05) is 0 Å². The number of ether oxygens (including phenoxy) is 1. The lowest BCUT2D eigenvalue weighted by atomic mass is 9.95. The van der Waals surface area contributed by atoms with Gasteiger partial charge in [0.1, 0.15) is 17.7 Å². The molecule has 2 nitrogen and oxygen atoms in total. The van der Waals surface area contributed by atoms with Crippen LogP contribution in [0.4, 0.5) is 4.39 Å². The smallest absolute Gasteiger partial charge is 0.130 e. The number of hydrogen-bond acceptors (Lipinski definition) is 2. The molecule has 0 spiro atoms. The maximum Gasteiger partial charge on any atom is 0.130 e. The van der Waals surface area contributed by atoms with Crippen molar-refractivity contribution < 1.29 is 14.2 Å². The van der Waals surface area contributed by atoms with E-state index in [1.165, 1.54) is 6.07 Å². The minimum absolute atomic E-state index is 0.292. The molecule has 0 aromatic heterocycles. The molecule has 1 aliphatic rings. The predicted molar refractivity (Wildman–Crippen MR) is 78.5 cm³/mol. The molecule has 20 heavy (non-hydrogen) atoms. The van der Waals surface area contributed by atoms with Gasteiger partial charge in [-0.2, -0.15) is 0 Å². The lowest BCUT2D eigenvalue weighted by molar-refractivity contribution is 0.0640. The minimum Gasteiger partial charge on any atom is -0.485 e. The van der Waals surface area contributed by atoms with Crippen molar-refractivity contribution in [3.05, 3.63) is 62.8 Å². The van der Waals surface area contributed by atoms with E-state index in [1.54, 1.807) is 30.3 Å². The fraction of sp³-hybridized carbons (Fsp3) is 0.200. The maximum atomic E-state index is 13.9. The van der Waals surface area contributed by atoms with Crippen LogP contribution in [0.1, 0.15) is 29.8 Å². The maximum absolute atomic E-state index is 13.9. The number of fused-ring (bicyclic) bond motifs is 1. The van der Waals surface area contributed by atoms with Crippen molar-refractivity contribution >= 4 is 27.5 Å². The molecule has 2 aromatic carbocycles. The highest BCUT2D eigenvalue weighted by Crippen LogP contribution is 2.42. The van der Waals surface area contributed by atoms with Gasteiger partial charge in [0.15, 0.2) is 0 Å². The van der Waals surface area contributed by atoms with Crippen molar-refractivity contribution in [2.45, 2.75) is 18.6 Å². The number of halogens is 3. The summed E-state index contributed by atoms with van der Waals surface area (Å²) in [5.74, 6) is 0.195. The Morgan fingerprint density at radius 1 is 1.20 bits per heavy atom. The third-order valence-electron chi connectivity index (χ3n) is 3.34. The van der Waals surface area contributed by atoms with Gasteiger partial charge in [-0.3, -0.25) is 0 Å². The van der Waals surface area contributed by atoms with E-state index >= 15 is 0 Å². The second kappa shape index (κ2) is 5.35. The second-order valence-electron chi connectivity index (χ2n) is 4.71. The van der Waals surface area contributed by atoms with Gasteiger partial charge in [-0.25, -0.2) is 4.39 Å². The van der Waals surface area contributed by atoms with Crippen LogP contribution >= 0.6 is 27.5 Å². The van der Waals surface area contributed by atoms with Crippen LogP contribution in [0.3, 0.4) is 0 Å². The highest BCUT2D eigenvalue weighted by Gasteiger charge is 2.29. The summed E-state index contributed by atoms with van der Waals surface area (Å²) in [7, 11) is 0. The van der Waals surface area contributed by atoms with Crippen LogP contribution in [0.15, 0.2) is 40.9 Å². The van der Waals surface area contributed by atoms with Gasteiger partial charge >= 0.3 is 0 Å². The third kappa shape index (κ3) is 2.55. The number of hydrogen-bond donors (Lipinski definition) is 1. The number of aliphatic hydroxyl groups excluding tert-OH is 1. The monoisotopic (exact) mass is 356 g/mol. The third-order valence-corrected chi connectivity index (χ3v) is 4.07. The number of benzene rings is 2. The Labute approximate surface area is 129 Å². The standard InChI is InChI=1S/C15H11BrClFO2/c16-8-1-3-12(18)10(5-8)15-7-13(19)11-6-9(17)2-4-14(11)20-15/h1-6,13,15,19H,7H2. The predicted octanol–water partition coefficient (Wildman–Crippen LogP) is 4.80. The van der Waals surface area contributed by atoms with Crippen LogP contribution in [0.5, 0.6) is 5.75 Å². The Morgan fingerprint density at radius 3 is 2.80 bits per heavy atom. The second-order valence-corrected chi connectivity index (χ2v) is 6.06. The van der Waals surface area contributed by atoms with E-state index in [9.17, 15) is 9.50 Å². The van der Waals surface area contributed by atoms with Crippen LogP contribution in [0.25, 0.3) is 0 Å². The summed E-state index contributed by atoms with van der Waals surface area (Å²) in [5.41, 5.74) is 1.07.